The number of carbonyl (C=O) groups is 1. The lowest BCUT2D eigenvalue weighted by molar-refractivity contribution is -0.384. The van der Waals surface area contributed by atoms with Gasteiger partial charge in [-0.15, -0.1) is 0 Å². The molecule has 0 aromatic heterocycles. The van der Waals surface area contributed by atoms with Crippen molar-refractivity contribution in [2.45, 2.75) is 38.8 Å². The highest BCUT2D eigenvalue weighted by molar-refractivity contribution is 5.68. The molecule has 0 bridgehead atoms. The summed E-state index contributed by atoms with van der Waals surface area (Å²) in [6.07, 6.45) is 1.28. The topological polar surface area (TPSA) is 84.7 Å². The van der Waals surface area contributed by atoms with E-state index >= 15 is 0 Å². The number of non-ortho nitro benzene ring substituents is 1. The number of anilines is 1. The van der Waals surface area contributed by atoms with Crippen molar-refractivity contribution in [3.63, 3.8) is 0 Å². The molecule has 0 aliphatic carbocycles. The van der Waals surface area contributed by atoms with Crippen LogP contribution in [0.25, 0.3) is 0 Å². The van der Waals surface area contributed by atoms with Crippen molar-refractivity contribution in [3.8, 4) is 0 Å². The maximum atomic E-state index is 11.8. The minimum Gasteiger partial charge on any atom is -0.447 e. The van der Waals surface area contributed by atoms with Gasteiger partial charge in [0.1, 0.15) is 0 Å². The third-order valence-electron chi connectivity index (χ3n) is 3.54. The molecule has 0 spiro atoms. The lowest BCUT2D eigenvalue weighted by atomic mass is 10.0. The Labute approximate surface area is 129 Å². The molecule has 0 unspecified atom stereocenters. The number of rotatable bonds is 4. The van der Waals surface area contributed by atoms with Gasteiger partial charge in [-0.25, -0.2) is 4.79 Å². The standard InChI is InChI=1S/C15H21N3O4/c1-11(2)22-15(19)17-9-7-13(8-10-17)16-12-3-5-14(6-4-12)18(20)21/h3-6,11,13,16H,7-10H2,1-2H3. The summed E-state index contributed by atoms with van der Waals surface area (Å²) in [6, 6.07) is 6.63. The maximum Gasteiger partial charge on any atom is 0.410 e. The first-order valence-corrected chi connectivity index (χ1v) is 7.42. The molecular formula is C15H21N3O4. The molecule has 0 saturated carbocycles. The molecule has 7 nitrogen and oxygen atoms in total. The number of hydrogen-bond acceptors (Lipinski definition) is 5. The average molecular weight is 307 g/mol. The fourth-order valence-electron chi connectivity index (χ4n) is 2.40. The van der Waals surface area contributed by atoms with Crippen LogP contribution in [0, 0.1) is 10.1 Å². The molecule has 1 aromatic rings. The highest BCUT2D eigenvalue weighted by Crippen LogP contribution is 2.20. The number of hydrogen-bond donors (Lipinski definition) is 1. The number of nitro benzene ring substituents is 1. The highest BCUT2D eigenvalue weighted by Gasteiger charge is 2.24. The van der Waals surface area contributed by atoms with Crippen LogP contribution in [-0.2, 0) is 4.74 Å². The largest absolute Gasteiger partial charge is 0.447 e. The van der Waals surface area contributed by atoms with Gasteiger partial charge < -0.3 is 15.0 Å². The monoisotopic (exact) mass is 307 g/mol. The van der Waals surface area contributed by atoms with Crippen LogP contribution in [0.4, 0.5) is 16.2 Å². The molecule has 1 N–H and O–H groups in total. The fourth-order valence-corrected chi connectivity index (χ4v) is 2.40. The van der Waals surface area contributed by atoms with E-state index in [9.17, 15) is 14.9 Å². The highest BCUT2D eigenvalue weighted by atomic mass is 16.6. The van der Waals surface area contributed by atoms with Crippen LogP contribution in [0.2, 0.25) is 0 Å². The maximum absolute atomic E-state index is 11.8. The number of nitrogens with one attached hydrogen (secondary N) is 1. The summed E-state index contributed by atoms with van der Waals surface area (Å²) in [5.74, 6) is 0. The summed E-state index contributed by atoms with van der Waals surface area (Å²) in [7, 11) is 0. The summed E-state index contributed by atoms with van der Waals surface area (Å²) in [4.78, 5) is 23.7. The van der Waals surface area contributed by atoms with E-state index in [1.165, 1.54) is 12.1 Å². The zero-order valence-corrected chi connectivity index (χ0v) is 12.8. The van der Waals surface area contributed by atoms with Gasteiger partial charge in [0.2, 0.25) is 0 Å². The van der Waals surface area contributed by atoms with Crippen molar-refractivity contribution in [2.24, 2.45) is 0 Å². The summed E-state index contributed by atoms with van der Waals surface area (Å²) in [5, 5.41) is 14.0. The second-order valence-electron chi connectivity index (χ2n) is 5.64. The number of benzene rings is 1. The van der Waals surface area contributed by atoms with E-state index in [-0.39, 0.29) is 23.9 Å². The number of amides is 1. The van der Waals surface area contributed by atoms with Crippen LogP contribution < -0.4 is 5.32 Å². The molecule has 0 radical (unpaired) electrons. The minimum atomic E-state index is -0.414. The molecule has 1 heterocycles. The Morgan fingerprint density at radius 1 is 1.32 bits per heavy atom. The van der Waals surface area contributed by atoms with Crippen LogP contribution >= 0.6 is 0 Å². The lowest BCUT2D eigenvalue weighted by Crippen LogP contribution is -2.43. The predicted molar refractivity (Wildman–Crippen MR) is 82.9 cm³/mol. The SMILES string of the molecule is CC(C)OC(=O)N1CCC(Nc2ccc([N+](=O)[O-])cc2)CC1. The number of ether oxygens (including phenoxy) is 1. The van der Waals surface area contributed by atoms with Crippen molar-refractivity contribution >= 4 is 17.5 Å². The lowest BCUT2D eigenvalue weighted by Gasteiger charge is -2.32. The van der Waals surface area contributed by atoms with Gasteiger partial charge in [-0.3, -0.25) is 10.1 Å². The summed E-state index contributed by atoms with van der Waals surface area (Å²) in [5.41, 5.74) is 0.936. The third-order valence-corrected chi connectivity index (χ3v) is 3.54. The first kappa shape index (κ1) is 16.1. The van der Waals surface area contributed by atoms with E-state index in [1.54, 1.807) is 17.0 Å². The molecule has 7 heteroatoms. The third kappa shape index (κ3) is 4.34. The predicted octanol–water partition coefficient (Wildman–Crippen LogP) is 3.02. The van der Waals surface area contributed by atoms with E-state index in [1.807, 2.05) is 13.8 Å². The van der Waals surface area contributed by atoms with Crippen molar-refractivity contribution in [2.75, 3.05) is 18.4 Å². The summed E-state index contributed by atoms with van der Waals surface area (Å²) >= 11 is 0. The van der Waals surface area contributed by atoms with Gasteiger partial charge >= 0.3 is 6.09 Å². The molecule has 1 amide bonds. The second-order valence-corrected chi connectivity index (χ2v) is 5.64. The summed E-state index contributed by atoms with van der Waals surface area (Å²) in [6.45, 7) is 4.97. The molecule has 2 rings (SSSR count). The van der Waals surface area contributed by atoms with Gasteiger partial charge in [-0.1, -0.05) is 0 Å². The van der Waals surface area contributed by atoms with E-state index in [2.05, 4.69) is 5.32 Å². The molecular weight excluding hydrogens is 286 g/mol. The Bertz CT molecular complexity index is 522. The van der Waals surface area contributed by atoms with Gasteiger partial charge in [0.05, 0.1) is 11.0 Å². The molecule has 120 valence electrons. The average Bonchev–Trinajstić information content (AvgIpc) is 2.48. The number of nitro groups is 1. The quantitative estimate of drug-likeness (QED) is 0.682. The molecule has 1 aliphatic rings. The van der Waals surface area contributed by atoms with Crippen LogP contribution in [0.5, 0.6) is 0 Å². The molecule has 1 saturated heterocycles. The molecule has 1 aromatic carbocycles. The normalized spacial score (nSPS) is 15.7. The molecule has 1 fully saturated rings. The Balaban J connectivity index is 1.82. The van der Waals surface area contributed by atoms with Crippen LogP contribution in [0.3, 0.4) is 0 Å². The van der Waals surface area contributed by atoms with Crippen LogP contribution in [0.15, 0.2) is 24.3 Å². The zero-order chi connectivity index (χ0) is 16.1. The Kier molecular flexibility index (Phi) is 5.19. The van der Waals surface area contributed by atoms with Gasteiger partial charge in [0, 0.05) is 37.0 Å². The number of nitrogens with zero attached hydrogens (tertiary/aromatic N) is 2. The van der Waals surface area contributed by atoms with E-state index < -0.39 is 4.92 Å². The van der Waals surface area contributed by atoms with Crippen molar-refractivity contribution in [3.05, 3.63) is 34.4 Å². The number of carbonyl (C=O) groups excluding carboxylic acids is 1. The second kappa shape index (κ2) is 7.11. The van der Waals surface area contributed by atoms with Gasteiger partial charge in [-0.05, 0) is 38.8 Å². The van der Waals surface area contributed by atoms with Gasteiger partial charge in [0.25, 0.3) is 5.69 Å². The Morgan fingerprint density at radius 2 is 1.91 bits per heavy atom. The van der Waals surface area contributed by atoms with Gasteiger partial charge in [0.15, 0.2) is 0 Å². The molecule has 1 aliphatic heterocycles. The minimum absolute atomic E-state index is 0.0804. The van der Waals surface area contributed by atoms with E-state index in [0.29, 0.717) is 13.1 Å². The smallest absolute Gasteiger partial charge is 0.410 e. The fraction of sp³-hybridized carbons (Fsp3) is 0.533. The Morgan fingerprint density at radius 3 is 2.41 bits per heavy atom. The van der Waals surface area contributed by atoms with Crippen molar-refractivity contribution in [1.29, 1.82) is 0 Å². The molecule has 0 atom stereocenters. The van der Waals surface area contributed by atoms with Gasteiger partial charge in [-0.2, -0.15) is 0 Å². The van der Waals surface area contributed by atoms with Crippen molar-refractivity contribution < 1.29 is 14.5 Å². The Hall–Kier alpha value is -2.31. The van der Waals surface area contributed by atoms with Crippen LogP contribution in [-0.4, -0.2) is 41.2 Å². The van der Waals surface area contributed by atoms with Crippen LogP contribution in [0.1, 0.15) is 26.7 Å². The summed E-state index contributed by atoms with van der Waals surface area (Å²) < 4.78 is 5.18. The first-order valence-electron chi connectivity index (χ1n) is 7.42. The number of piperidine rings is 1. The molecule has 22 heavy (non-hydrogen) atoms. The first-order chi connectivity index (χ1) is 10.5. The zero-order valence-electron chi connectivity index (χ0n) is 12.8. The van der Waals surface area contributed by atoms with Crippen molar-refractivity contribution in [1.82, 2.24) is 4.90 Å². The van der Waals surface area contributed by atoms with E-state index in [0.717, 1.165) is 18.5 Å². The number of likely N-dealkylation sites (tertiary alicyclic amines) is 1. The van der Waals surface area contributed by atoms with E-state index in [4.69, 9.17) is 4.74 Å².